The second-order valence-corrected chi connectivity index (χ2v) is 6.23. The smallest absolute Gasteiger partial charge is 0.0311 e. The van der Waals surface area contributed by atoms with E-state index in [0.29, 0.717) is 10.8 Å². The molecule has 0 amide bonds. The highest BCUT2D eigenvalue weighted by Crippen LogP contribution is 2.46. The van der Waals surface area contributed by atoms with Crippen LogP contribution in [0.25, 0.3) is 0 Å². The molecular weight excluding hydrogens is 180 g/mol. The van der Waals surface area contributed by atoms with Gasteiger partial charge in [-0.15, -0.1) is 0 Å². The molecule has 0 bridgehead atoms. The maximum atomic E-state index is 3.97. The van der Waals surface area contributed by atoms with E-state index in [1.165, 1.54) is 25.7 Å². The Kier molecular flexibility index (Phi) is 5.92. The quantitative estimate of drug-likeness (QED) is 0.523. The Morgan fingerprint density at radius 2 is 1.33 bits per heavy atom. The lowest BCUT2D eigenvalue weighted by Crippen LogP contribution is -2.35. The van der Waals surface area contributed by atoms with E-state index >= 15 is 0 Å². The van der Waals surface area contributed by atoms with Crippen LogP contribution >= 0.6 is 0 Å². The molecule has 91 valence electrons. The lowest BCUT2D eigenvalue weighted by atomic mass is 9.61. The van der Waals surface area contributed by atoms with E-state index < -0.39 is 0 Å². The van der Waals surface area contributed by atoms with Crippen molar-refractivity contribution in [2.24, 2.45) is 16.7 Å². The third-order valence-electron chi connectivity index (χ3n) is 4.45. The van der Waals surface area contributed by atoms with E-state index in [1.54, 1.807) is 0 Å². The van der Waals surface area contributed by atoms with Gasteiger partial charge in [-0.05, 0) is 23.2 Å². The van der Waals surface area contributed by atoms with Crippen molar-refractivity contribution in [2.75, 3.05) is 0 Å². The van der Waals surface area contributed by atoms with Gasteiger partial charge in [0.15, 0.2) is 0 Å². The predicted molar refractivity (Wildman–Crippen MR) is 70.8 cm³/mol. The van der Waals surface area contributed by atoms with Crippen LogP contribution < -0.4 is 0 Å². The van der Waals surface area contributed by atoms with Crippen LogP contribution in [0.2, 0.25) is 0 Å². The molecule has 0 heterocycles. The maximum absolute atomic E-state index is 3.97. The molecule has 0 aromatic rings. The minimum atomic E-state index is 0.467. The van der Waals surface area contributed by atoms with E-state index in [2.05, 4.69) is 48.5 Å². The summed E-state index contributed by atoms with van der Waals surface area (Å²) in [7, 11) is 0. The van der Waals surface area contributed by atoms with Crippen molar-refractivity contribution in [3.63, 3.8) is 0 Å². The normalized spacial score (nSPS) is 13.6. The molecule has 0 aliphatic rings. The molecule has 15 heavy (non-hydrogen) atoms. The van der Waals surface area contributed by atoms with Crippen molar-refractivity contribution in [1.29, 1.82) is 0 Å². The number of hydrogen-bond donors (Lipinski definition) is 0. The van der Waals surface area contributed by atoms with Crippen LogP contribution in [0, 0.1) is 23.7 Å². The van der Waals surface area contributed by atoms with Gasteiger partial charge in [0.2, 0.25) is 0 Å². The zero-order chi connectivity index (χ0) is 12.1. The first-order valence-electron chi connectivity index (χ1n) is 6.61. The molecule has 0 unspecified atom stereocenters. The van der Waals surface area contributed by atoms with Crippen LogP contribution in [-0.4, -0.2) is 0 Å². The predicted octanol–water partition coefficient (Wildman–Crippen LogP) is 5.48. The summed E-state index contributed by atoms with van der Waals surface area (Å²) < 4.78 is 0. The summed E-state index contributed by atoms with van der Waals surface area (Å²) in [4.78, 5) is 0. The van der Waals surface area contributed by atoms with Crippen LogP contribution in [0.1, 0.15) is 73.6 Å². The Hall–Kier alpha value is 0. The molecule has 1 radical (unpaired) electrons. The Bertz CT molecular complexity index is 149. The molecule has 0 aliphatic heterocycles. The SMILES string of the molecule is [CH2]CCCC(C(C)(C)CC)C(C)(C)CC. The van der Waals surface area contributed by atoms with Gasteiger partial charge in [-0.25, -0.2) is 0 Å². The first kappa shape index (κ1) is 15.0. The summed E-state index contributed by atoms with van der Waals surface area (Å²) in [6, 6.07) is 0. The highest BCUT2D eigenvalue weighted by atomic mass is 14.4. The lowest BCUT2D eigenvalue weighted by molar-refractivity contribution is 0.0555. The molecule has 0 N–H and O–H groups in total. The van der Waals surface area contributed by atoms with Gasteiger partial charge in [0, 0.05) is 0 Å². The van der Waals surface area contributed by atoms with E-state index in [0.717, 1.165) is 12.3 Å². The Morgan fingerprint density at radius 3 is 1.60 bits per heavy atom. The zero-order valence-corrected chi connectivity index (χ0v) is 11.8. The average Bonchev–Trinajstić information content (AvgIpc) is 2.18. The molecule has 0 aliphatic carbocycles. The van der Waals surface area contributed by atoms with Gasteiger partial charge in [0.1, 0.15) is 0 Å². The van der Waals surface area contributed by atoms with Crippen LogP contribution in [0.4, 0.5) is 0 Å². The maximum Gasteiger partial charge on any atom is -0.0311 e. The topological polar surface area (TPSA) is 0 Å². The van der Waals surface area contributed by atoms with Crippen molar-refractivity contribution >= 4 is 0 Å². The Labute approximate surface area is 97.8 Å². The number of hydrogen-bond acceptors (Lipinski definition) is 0. The van der Waals surface area contributed by atoms with Crippen molar-refractivity contribution < 1.29 is 0 Å². The minimum absolute atomic E-state index is 0.467. The monoisotopic (exact) mass is 211 g/mol. The largest absolute Gasteiger partial charge is 0.0649 e. The number of rotatable bonds is 7. The van der Waals surface area contributed by atoms with Gasteiger partial charge in [-0.1, -0.05) is 74.1 Å². The molecular formula is C15H31. The lowest BCUT2D eigenvalue weighted by Gasteiger charge is -2.44. The fraction of sp³-hybridized carbons (Fsp3) is 0.933. The van der Waals surface area contributed by atoms with Gasteiger partial charge >= 0.3 is 0 Å². The van der Waals surface area contributed by atoms with E-state index in [-0.39, 0.29) is 0 Å². The highest BCUT2D eigenvalue weighted by molar-refractivity contribution is 4.87. The molecule has 0 saturated carbocycles. The van der Waals surface area contributed by atoms with Gasteiger partial charge in [-0.2, -0.15) is 0 Å². The average molecular weight is 211 g/mol. The third-order valence-corrected chi connectivity index (χ3v) is 4.45. The van der Waals surface area contributed by atoms with Gasteiger partial charge < -0.3 is 0 Å². The third kappa shape index (κ3) is 4.17. The first-order valence-corrected chi connectivity index (χ1v) is 6.61. The molecule has 0 fully saturated rings. The molecule has 0 aromatic heterocycles. The Morgan fingerprint density at radius 1 is 0.933 bits per heavy atom. The van der Waals surface area contributed by atoms with E-state index in [4.69, 9.17) is 0 Å². The summed E-state index contributed by atoms with van der Waals surface area (Å²) in [6.07, 6.45) is 6.25. The summed E-state index contributed by atoms with van der Waals surface area (Å²) in [6.45, 7) is 18.3. The van der Waals surface area contributed by atoms with Crippen molar-refractivity contribution in [2.45, 2.75) is 73.6 Å². The van der Waals surface area contributed by atoms with Crippen LogP contribution in [0.5, 0.6) is 0 Å². The molecule has 0 rings (SSSR count). The zero-order valence-electron chi connectivity index (χ0n) is 11.8. The van der Waals surface area contributed by atoms with Crippen LogP contribution in [-0.2, 0) is 0 Å². The van der Waals surface area contributed by atoms with Crippen molar-refractivity contribution in [3.05, 3.63) is 6.92 Å². The number of unbranched alkanes of at least 4 members (excludes halogenated alkanes) is 1. The summed E-state index contributed by atoms with van der Waals surface area (Å²) in [5.74, 6) is 0.821. The molecule has 0 heteroatoms. The summed E-state index contributed by atoms with van der Waals surface area (Å²) in [5, 5.41) is 0. The van der Waals surface area contributed by atoms with E-state index in [1.807, 2.05) is 0 Å². The van der Waals surface area contributed by atoms with Gasteiger partial charge in [0.05, 0.1) is 0 Å². The van der Waals surface area contributed by atoms with Crippen molar-refractivity contribution in [3.8, 4) is 0 Å². The Balaban J connectivity index is 4.72. The molecule has 0 saturated heterocycles. The van der Waals surface area contributed by atoms with E-state index in [9.17, 15) is 0 Å². The standard InChI is InChI=1S/C15H31/c1-8-11-12-13(14(4,5)9-2)15(6,7)10-3/h13H,1,8-12H2,2-7H3. The molecule has 0 atom stereocenters. The molecule has 0 spiro atoms. The molecule has 0 nitrogen and oxygen atoms in total. The fourth-order valence-corrected chi connectivity index (χ4v) is 2.68. The van der Waals surface area contributed by atoms with Crippen molar-refractivity contribution in [1.82, 2.24) is 0 Å². The minimum Gasteiger partial charge on any atom is -0.0649 e. The first-order chi connectivity index (χ1) is 6.81. The highest BCUT2D eigenvalue weighted by Gasteiger charge is 2.37. The second kappa shape index (κ2) is 5.92. The van der Waals surface area contributed by atoms with Crippen LogP contribution in [0.15, 0.2) is 0 Å². The fourth-order valence-electron chi connectivity index (χ4n) is 2.68. The van der Waals surface area contributed by atoms with Crippen LogP contribution in [0.3, 0.4) is 0 Å². The summed E-state index contributed by atoms with van der Waals surface area (Å²) >= 11 is 0. The van der Waals surface area contributed by atoms with Gasteiger partial charge in [0.25, 0.3) is 0 Å². The van der Waals surface area contributed by atoms with Gasteiger partial charge in [-0.3, -0.25) is 0 Å². The summed E-state index contributed by atoms with van der Waals surface area (Å²) in [5.41, 5.74) is 0.934. The molecule has 0 aromatic carbocycles. The second-order valence-electron chi connectivity index (χ2n) is 6.23.